The van der Waals surface area contributed by atoms with Gasteiger partial charge in [-0.3, -0.25) is 9.52 Å². The molecule has 3 aromatic carbocycles. The van der Waals surface area contributed by atoms with Crippen molar-refractivity contribution in [3.05, 3.63) is 93.1 Å². The molecule has 0 unspecified atom stereocenters. The summed E-state index contributed by atoms with van der Waals surface area (Å²) >= 11 is 3.27. The van der Waals surface area contributed by atoms with Crippen molar-refractivity contribution in [2.45, 2.75) is 18.4 Å². The number of fused-ring (bicyclic) bond motifs is 1. The first kappa shape index (κ1) is 24.0. The van der Waals surface area contributed by atoms with E-state index < -0.39 is 15.9 Å². The van der Waals surface area contributed by atoms with Gasteiger partial charge in [-0.15, -0.1) is 0 Å². The normalized spacial score (nSPS) is 11.0. The molecule has 8 nitrogen and oxygen atoms in total. The van der Waals surface area contributed by atoms with E-state index in [1.807, 2.05) is 13.0 Å². The number of carbonyl (C=O) groups excluding carboxylic acids is 1. The molecule has 4 rings (SSSR count). The summed E-state index contributed by atoms with van der Waals surface area (Å²) in [5.41, 5.74) is 3.37. The Morgan fingerprint density at radius 1 is 1.03 bits per heavy atom. The van der Waals surface area contributed by atoms with Crippen molar-refractivity contribution >= 4 is 48.5 Å². The minimum absolute atomic E-state index is 0.0491. The van der Waals surface area contributed by atoms with Crippen molar-refractivity contribution in [3.63, 3.8) is 0 Å². The second-order valence-electron chi connectivity index (χ2n) is 7.73. The predicted octanol–water partition coefficient (Wildman–Crippen LogP) is 4.71. The number of hydrogen-bond acceptors (Lipinski definition) is 5. The van der Waals surface area contributed by atoms with Crippen molar-refractivity contribution in [1.82, 2.24) is 10.3 Å². The number of nitriles is 2. The molecule has 0 aliphatic carbocycles. The van der Waals surface area contributed by atoms with Gasteiger partial charge in [-0.25, -0.2) is 8.42 Å². The molecule has 10 heteroatoms. The molecule has 4 aromatic rings. The maximum Gasteiger partial charge on any atom is 0.261 e. The number of hydrogen-bond donors (Lipinski definition) is 3. The summed E-state index contributed by atoms with van der Waals surface area (Å²) in [6, 6.07) is 18.4. The highest BCUT2D eigenvalue weighted by atomic mass is 79.9. The van der Waals surface area contributed by atoms with Crippen LogP contribution in [0.5, 0.6) is 0 Å². The summed E-state index contributed by atoms with van der Waals surface area (Å²) in [6.07, 6.45) is 1.55. The van der Waals surface area contributed by atoms with E-state index in [0.29, 0.717) is 32.2 Å². The van der Waals surface area contributed by atoms with Gasteiger partial charge in [-0.05, 0) is 54.4 Å². The number of aromatic nitrogens is 1. The van der Waals surface area contributed by atoms with Gasteiger partial charge in [-0.2, -0.15) is 10.5 Å². The van der Waals surface area contributed by atoms with Gasteiger partial charge in [0, 0.05) is 22.6 Å². The Balaban J connectivity index is 1.49. The number of rotatable bonds is 6. The van der Waals surface area contributed by atoms with Gasteiger partial charge in [0.25, 0.3) is 15.9 Å². The van der Waals surface area contributed by atoms with Crippen molar-refractivity contribution in [3.8, 4) is 12.1 Å². The maximum absolute atomic E-state index is 13.0. The van der Waals surface area contributed by atoms with Gasteiger partial charge < -0.3 is 10.3 Å². The second kappa shape index (κ2) is 9.63. The number of sulfonamides is 1. The maximum atomic E-state index is 13.0. The molecule has 0 radical (unpaired) electrons. The lowest BCUT2D eigenvalue weighted by Crippen LogP contribution is -2.23. The summed E-state index contributed by atoms with van der Waals surface area (Å²) in [5, 5.41) is 22.0. The predicted molar refractivity (Wildman–Crippen MR) is 135 cm³/mol. The molecule has 0 aliphatic rings. The van der Waals surface area contributed by atoms with Crippen LogP contribution < -0.4 is 10.0 Å². The van der Waals surface area contributed by atoms with E-state index in [0.717, 1.165) is 5.56 Å². The number of carbonyl (C=O) groups is 1. The molecule has 35 heavy (non-hydrogen) atoms. The van der Waals surface area contributed by atoms with Crippen LogP contribution in [0, 0.1) is 29.6 Å². The van der Waals surface area contributed by atoms with Crippen molar-refractivity contribution in [2.24, 2.45) is 0 Å². The average molecular weight is 548 g/mol. The van der Waals surface area contributed by atoms with E-state index >= 15 is 0 Å². The number of nitrogens with one attached hydrogen (secondary N) is 3. The molecule has 0 saturated carbocycles. The highest BCUT2D eigenvalue weighted by Gasteiger charge is 2.18. The Kier molecular flexibility index (Phi) is 6.61. The Morgan fingerprint density at radius 3 is 2.43 bits per heavy atom. The molecule has 3 N–H and O–H groups in total. The zero-order valence-electron chi connectivity index (χ0n) is 18.4. The van der Waals surface area contributed by atoms with Crippen molar-refractivity contribution < 1.29 is 13.2 Å². The fraction of sp³-hybridized carbons (Fsp3) is 0.0800. The third-order valence-electron chi connectivity index (χ3n) is 5.44. The number of benzene rings is 3. The number of aromatic amines is 1. The molecule has 0 spiro atoms. The number of anilines is 1. The third-order valence-corrected chi connectivity index (χ3v) is 7.32. The zero-order chi connectivity index (χ0) is 25.2. The largest absolute Gasteiger partial charge is 0.358 e. The van der Waals surface area contributed by atoms with Gasteiger partial charge in [0.1, 0.15) is 6.07 Å². The molecule has 0 fully saturated rings. The number of halogens is 1. The first-order valence-corrected chi connectivity index (χ1v) is 12.6. The number of nitrogens with zero attached hydrogens (tertiary/aromatic N) is 2. The minimum atomic E-state index is -3.90. The summed E-state index contributed by atoms with van der Waals surface area (Å²) < 4.78 is 29.2. The zero-order valence-corrected chi connectivity index (χ0v) is 20.8. The lowest BCUT2D eigenvalue weighted by molar-refractivity contribution is 0.0950. The number of H-pyrrole nitrogens is 1. The van der Waals surface area contributed by atoms with Crippen molar-refractivity contribution in [1.29, 1.82) is 10.5 Å². The van der Waals surface area contributed by atoms with Gasteiger partial charge in [0.2, 0.25) is 0 Å². The van der Waals surface area contributed by atoms with Gasteiger partial charge in [-0.1, -0.05) is 34.1 Å². The van der Waals surface area contributed by atoms with Gasteiger partial charge in [0.05, 0.1) is 38.9 Å². The highest BCUT2D eigenvalue weighted by Crippen LogP contribution is 2.30. The summed E-state index contributed by atoms with van der Waals surface area (Å²) in [7, 11) is -3.90. The summed E-state index contributed by atoms with van der Waals surface area (Å²) in [6.45, 7) is 2.01. The van der Waals surface area contributed by atoms with Crippen LogP contribution in [0.15, 0.2) is 70.2 Å². The van der Waals surface area contributed by atoms with Crippen molar-refractivity contribution in [2.75, 3.05) is 4.72 Å². The minimum Gasteiger partial charge on any atom is -0.358 e. The molecule has 0 atom stereocenters. The quantitative estimate of drug-likeness (QED) is 0.320. The smallest absolute Gasteiger partial charge is 0.261 e. The van der Waals surface area contributed by atoms with Crippen LogP contribution in [0.4, 0.5) is 5.69 Å². The Labute approximate surface area is 210 Å². The standard InChI is InChI=1S/C25H18BrN5O3S/c1-15-2-9-22(24-23(15)18(12-28)14-29-24)31-35(33,34)20-6-3-16(4-7-20)13-30-25(32)21-8-5-19(26)10-17(21)11-27/h2-10,14,29,31H,13H2,1H3,(H,30,32). The second-order valence-corrected chi connectivity index (χ2v) is 10.3. The van der Waals surface area contributed by atoms with E-state index in [4.69, 9.17) is 0 Å². The van der Waals surface area contributed by atoms with E-state index in [-0.39, 0.29) is 22.6 Å². The van der Waals surface area contributed by atoms with E-state index in [2.05, 4.69) is 37.0 Å². The first-order valence-electron chi connectivity index (χ1n) is 10.3. The lowest BCUT2D eigenvalue weighted by atomic mass is 10.1. The SMILES string of the molecule is Cc1ccc(NS(=O)(=O)c2ccc(CNC(=O)c3ccc(Br)cc3C#N)cc2)c2[nH]cc(C#N)c12. The monoisotopic (exact) mass is 547 g/mol. The first-order chi connectivity index (χ1) is 16.7. The Hall–Kier alpha value is -4.12. The molecule has 0 bridgehead atoms. The number of amides is 1. The van der Waals surface area contributed by atoms with E-state index in [9.17, 15) is 23.7 Å². The molecular formula is C25H18BrN5O3S. The molecule has 1 heterocycles. The van der Waals surface area contributed by atoms with E-state index in [1.165, 1.54) is 12.1 Å². The van der Waals surface area contributed by atoms with E-state index in [1.54, 1.807) is 48.7 Å². The van der Waals surface area contributed by atoms with Crippen LogP contribution in [-0.4, -0.2) is 19.3 Å². The average Bonchev–Trinajstić information content (AvgIpc) is 3.30. The Morgan fingerprint density at radius 2 is 1.74 bits per heavy atom. The summed E-state index contributed by atoms with van der Waals surface area (Å²) in [4.78, 5) is 15.5. The highest BCUT2D eigenvalue weighted by molar-refractivity contribution is 9.10. The molecule has 0 aliphatic heterocycles. The van der Waals surface area contributed by atoms with Crippen LogP contribution >= 0.6 is 15.9 Å². The fourth-order valence-electron chi connectivity index (χ4n) is 3.67. The summed E-state index contributed by atoms with van der Waals surface area (Å²) in [5.74, 6) is -0.404. The van der Waals surface area contributed by atoms with Crippen LogP contribution in [0.25, 0.3) is 10.9 Å². The van der Waals surface area contributed by atoms with Crippen LogP contribution in [0.3, 0.4) is 0 Å². The Bertz CT molecular complexity index is 1650. The van der Waals surface area contributed by atoms with Crippen LogP contribution in [0.2, 0.25) is 0 Å². The molecule has 1 aromatic heterocycles. The van der Waals surface area contributed by atoms with Crippen LogP contribution in [-0.2, 0) is 16.6 Å². The molecular weight excluding hydrogens is 530 g/mol. The number of aryl methyl sites for hydroxylation is 1. The fourth-order valence-corrected chi connectivity index (χ4v) is 5.10. The lowest BCUT2D eigenvalue weighted by Gasteiger charge is -2.11. The molecule has 174 valence electrons. The molecule has 0 saturated heterocycles. The van der Waals surface area contributed by atoms with Crippen LogP contribution in [0.1, 0.15) is 32.6 Å². The van der Waals surface area contributed by atoms with Gasteiger partial charge >= 0.3 is 0 Å². The molecule has 1 amide bonds. The van der Waals surface area contributed by atoms with Gasteiger partial charge in [0.15, 0.2) is 0 Å². The topological polar surface area (TPSA) is 139 Å². The third kappa shape index (κ3) is 4.90.